The van der Waals surface area contributed by atoms with Gasteiger partial charge in [-0.3, -0.25) is 9.48 Å². The highest BCUT2D eigenvalue weighted by molar-refractivity contribution is 6.30. The number of aryl methyl sites for hydroxylation is 1. The van der Waals surface area contributed by atoms with Crippen LogP contribution in [0.15, 0.2) is 60.8 Å². The number of carbonyl (C=O) groups excluding carboxylic acids is 1. The molecule has 140 valence electrons. The van der Waals surface area contributed by atoms with Crippen LogP contribution in [0.2, 0.25) is 10.0 Å². The first-order chi connectivity index (χ1) is 13.5. The number of hydrogen-bond donors (Lipinski definition) is 1. The fourth-order valence-electron chi connectivity index (χ4n) is 3.00. The Hall–Kier alpha value is -2.89. The van der Waals surface area contributed by atoms with Crippen LogP contribution in [0.25, 0.3) is 22.3 Å². The quantitative estimate of drug-likeness (QED) is 0.521. The van der Waals surface area contributed by atoms with E-state index in [4.69, 9.17) is 23.2 Å². The molecular formula is C21H16Cl2N4O. The predicted molar refractivity (Wildman–Crippen MR) is 112 cm³/mol. The second kappa shape index (κ2) is 7.62. The van der Waals surface area contributed by atoms with Crippen molar-refractivity contribution in [2.45, 2.75) is 6.54 Å². The largest absolute Gasteiger partial charge is 0.348 e. The highest BCUT2D eigenvalue weighted by Crippen LogP contribution is 2.26. The highest BCUT2D eigenvalue weighted by Gasteiger charge is 2.16. The summed E-state index contributed by atoms with van der Waals surface area (Å²) in [6.45, 7) is 0.375. The molecule has 1 N–H and O–H groups in total. The Balaban J connectivity index is 1.70. The Morgan fingerprint density at radius 3 is 2.61 bits per heavy atom. The molecule has 0 radical (unpaired) electrons. The predicted octanol–water partition coefficient (Wildman–Crippen LogP) is 4.87. The molecule has 0 saturated carbocycles. The van der Waals surface area contributed by atoms with Gasteiger partial charge in [0.2, 0.25) is 0 Å². The molecule has 1 amide bonds. The molecule has 0 bridgehead atoms. The fourth-order valence-corrected chi connectivity index (χ4v) is 3.33. The number of amides is 1. The van der Waals surface area contributed by atoms with Gasteiger partial charge in [-0.05, 0) is 35.9 Å². The monoisotopic (exact) mass is 410 g/mol. The van der Waals surface area contributed by atoms with E-state index in [-0.39, 0.29) is 5.91 Å². The zero-order valence-electron chi connectivity index (χ0n) is 15.0. The molecule has 2 aromatic carbocycles. The van der Waals surface area contributed by atoms with Crippen molar-refractivity contribution in [3.63, 3.8) is 0 Å². The Morgan fingerprint density at radius 2 is 1.86 bits per heavy atom. The standard InChI is InChI=1S/C21H16Cl2N4O/c1-27-20-18(12-25-27)17(10-19(26-20)14-5-7-15(22)8-6-14)21(28)24-11-13-3-2-4-16(23)9-13/h2-10,12H,11H2,1H3,(H,24,28). The van der Waals surface area contributed by atoms with Gasteiger partial charge in [0.25, 0.3) is 5.91 Å². The van der Waals surface area contributed by atoms with Gasteiger partial charge in [0, 0.05) is 29.2 Å². The van der Waals surface area contributed by atoms with Gasteiger partial charge in [-0.1, -0.05) is 47.5 Å². The zero-order chi connectivity index (χ0) is 19.7. The fraction of sp³-hybridized carbons (Fsp3) is 0.0952. The Bertz CT molecular complexity index is 1170. The lowest BCUT2D eigenvalue weighted by Gasteiger charge is -2.09. The van der Waals surface area contributed by atoms with Crippen molar-refractivity contribution < 1.29 is 4.79 Å². The van der Waals surface area contributed by atoms with Crippen molar-refractivity contribution in [2.24, 2.45) is 7.05 Å². The minimum atomic E-state index is -0.199. The Kier molecular flexibility index (Phi) is 5.03. The van der Waals surface area contributed by atoms with Crippen LogP contribution in [0.5, 0.6) is 0 Å². The normalized spacial score (nSPS) is 11.0. The first-order valence-electron chi connectivity index (χ1n) is 8.62. The van der Waals surface area contributed by atoms with Gasteiger partial charge in [-0.15, -0.1) is 0 Å². The molecular weight excluding hydrogens is 395 g/mol. The minimum absolute atomic E-state index is 0.199. The van der Waals surface area contributed by atoms with E-state index in [0.717, 1.165) is 11.1 Å². The molecule has 4 rings (SSSR count). The smallest absolute Gasteiger partial charge is 0.252 e. The summed E-state index contributed by atoms with van der Waals surface area (Å²) in [5.74, 6) is -0.199. The number of halogens is 2. The van der Waals surface area contributed by atoms with E-state index in [9.17, 15) is 4.79 Å². The number of fused-ring (bicyclic) bond motifs is 1. The number of benzene rings is 2. The van der Waals surface area contributed by atoms with E-state index in [1.165, 1.54) is 0 Å². The first kappa shape index (κ1) is 18.5. The number of aromatic nitrogens is 3. The van der Waals surface area contributed by atoms with Crippen LogP contribution in [0, 0.1) is 0 Å². The van der Waals surface area contributed by atoms with E-state index < -0.39 is 0 Å². The molecule has 2 heterocycles. The van der Waals surface area contributed by atoms with Crippen molar-refractivity contribution >= 4 is 40.1 Å². The summed E-state index contributed by atoms with van der Waals surface area (Å²) >= 11 is 12.0. The maximum Gasteiger partial charge on any atom is 0.252 e. The van der Waals surface area contributed by atoms with Gasteiger partial charge < -0.3 is 5.32 Å². The average molecular weight is 411 g/mol. The Morgan fingerprint density at radius 1 is 1.07 bits per heavy atom. The summed E-state index contributed by atoms with van der Waals surface area (Å²) in [6.07, 6.45) is 1.66. The van der Waals surface area contributed by atoms with Crippen molar-refractivity contribution in [1.29, 1.82) is 0 Å². The molecule has 4 aromatic rings. The third kappa shape index (κ3) is 3.72. The van der Waals surface area contributed by atoms with Crippen molar-refractivity contribution in [1.82, 2.24) is 20.1 Å². The van der Waals surface area contributed by atoms with E-state index in [0.29, 0.717) is 38.9 Å². The van der Waals surface area contributed by atoms with Crippen LogP contribution in [0.4, 0.5) is 0 Å². The summed E-state index contributed by atoms with van der Waals surface area (Å²) in [4.78, 5) is 17.6. The van der Waals surface area contributed by atoms with Crippen molar-refractivity contribution in [3.05, 3.63) is 82.0 Å². The van der Waals surface area contributed by atoms with Gasteiger partial charge in [-0.2, -0.15) is 5.10 Å². The summed E-state index contributed by atoms with van der Waals surface area (Å²) in [5.41, 5.74) is 3.64. The lowest BCUT2D eigenvalue weighted by atomic mass is 10.1. The molecule has 0 aliphatic rings. The average Bonchev–Trinajstić information content (AvgIpc) is 3.07. The van der Waals surface area contributed by atoms with E-state index in [1.807, 2.05) is 30.3 Å². The van der Waals surface area contributed by atoms with Gasteiger partial charge >= 0.3 is 0 Å². The lowest BCUT2D eigenvalue weighted by Crippen LogP contribution is -2.23. The number of nitrogens with one attached hydrogen (secondary N) is 1. The second-order valence-corrected chi connectivity index (χ2v) is 7.25. The van der Waals surface area contributed by atoms with E-state index in [1.54, 1.807) is 42.2 Å². The molecule has 0 fully saturated rings. The van der Waals surface area contributed by atoms with Crippen LogP contribution in [-0.4, -0.2) is 20.7 Å². The molecule has 0 spiro atoms. The maximum absolute atomic E-state index is 12.9. The first-order valence-corrected chi connectivity index (χ1v) is 9.38. The number of rotatable bonds is 4. The topological polar surface area (TPSA) is 59.8 Å². The zero-order valence-corrected chi connectivity index (χ0v) is 16.5. The second-order valence-electron chi connectivity index (χ2n) is 6.38. The summed E-state index contributed by atoms with van der Waals surface area (Å²) < 4.78 is 1.66. The number of pyridine rings is 1. The molecule has 0 aliphatic heterocycles. The molecule has 2 aromatic heterocycles. The molecule has 28 heavy (non-hydrogen) atoms. The third-order valence-electron chi connectivity index (χ3n) is 4.43. The number of hydrogen-bond acceptors (Lipinski definition) is 3. The highest BCUT2D eigenvalue weighted by atomic mass is 35.5. The molecule has 0 unspecified atom stereocenters. The van der Waals surface area contributed by atoms with Crippen LogP contribution in [0.1, 0.15) is 15.9 Å². The van der Waals surface area contributed by atoms with Crippen LogP contribution < -0.4 is 5.32 Å². The van der Waals surface area contributed by atoms with Crippen molar-refractivity contribution in [2.75, 3.05) is 0 Å². The molecule has 7 heteroatoms. The molecule has 0 saturated heterocycles. The third-order valence-corrected chi connectivity index (χ3v) is 4.92. The van der Waals surface area contributed by atoms with Crippen molar-refractivity contribution in [3.8, 4) is 11.3 Å². The van der Waals surface area contributed by atoms with Gasteiger partial charge in [0.05, 0.1) is 22.8 Å². The van der Waals surface area contributed by atoms with Crippen LogP contribution >= 0.6 is 23.2 Å². The molecule has 0 atom stereocenters. The molecule has 0 aliphatic carbocycles. The van der Waals surface area contributed by atoms with Crippen LogP contribution in [-0.2, 0) is 13.6 Å². The van der Waals surface area contributed by atoms with Gasteiger partial charge in [0.1, 0.15) is 0 Å². The SMILES string of the molecule is Cn1ncc2c(C(=O)NCc3cccc(Cl)c3)cc(-c3ccc(Cl)cc3)nc21. The molecule has 5 nitrogen and oxygen atoms in total. The number of nitrogens with zero attached hydrogens (tertiary/aromatic N) is 3. The van der Waals surface area contributed by atoms with Crippen LogP contribution in [0.3, 0.4) is 0 Å². The van der Waals surface area contributed by atoms with Gasteiger partial charge in [-0.25, -0.2) is 4.98 Å². The lowest BCUT2D eigenvalue weighted by molar-refractivity contribution is 0.0952. The summed E-state index contributed by atoms with van der Waals surface area (Å²) in [6, 6.07) is 16.5. The number of carbonyl (C=O) groups is 1. The minimum Gasteiger partial charge on any atom is -0.348 e. The van der Waals surface area contributed by atoms with Gasteiger partial charge in [0.15, 0.2) is 5.65 Å². The van der Waals surface area contributed by atoms with E-state index >= 15 is 0 Å². The Labute approximate surface area is 171 Å². The maximum atomic E-state index is 12.9. The summed E-state index contributed by atoms with van der Waals surface area (Å²) in [7, 11) is 1.80. The summed E-state index contributed by atoms with van der Waals surface area (Å²) in [5, 5.41) is 9.18. The van der Waals surface area contributed by atoms with E-state index in [2.05, 4.69) is 15.4 Å².